The first-order valence-corrected chi connectivity index (χ1v) is 7.16. The zero-order chi connectivity index (χ0) is 14.0. The Bertz CT molecular complexity index is 440. The molecule has 0 spiro atoms. The van der Waals surface area contributed by atoms with Gasteiger partial charge >= 0.3 is 0 Å². The van der Waals surface area contributed by atoms with Gasteiger partial charge in [0.25, 0.3) is 0 Å². The molecule has 2 rings (SSSR count). The molecular weight excluding hydrogens is 236 g/mol. The zero-order valence-electron chi connectivity index (χ0n) is 12.6. The van der Waals surface area contributed by atoms with Crippen molar-refractivity contribution in [3.63, 3.8) is 0 Å². The number of nitrogens with zero attached hydrogens (tertiary/aromatic N) is 2. The van der Waals surface area contributed by atoms with Gasteiger partial charge in [0.1, 0.15) is 0 Å². The Morgan fingerprint density at radius 2 is 2.11 bits per heavy atom. The molecule has 0 bridgehead atoms. The van der Waals surface area contributed by atoms with E-state index in [1.165, 1.54) is 34.7 Å². The lowest BCUT2D eigenvalue weighted by Crippen LogP contribution is -2.38. The van der Waals surface area contributed by atoms with E-state index in [9.17, 15) is 5.21 Å². The molecule has 1 aliphatic heterocycles. The molecule has 3 nitrogen and oxygen atoms in total. The normalized spacial score (nSPS) is 15.8. The van der Waals surface area contributed by atoms with Crippen LogP contribution in [0.2, 0.25) is 0 Å². The van der Waals surface area contributed by atoms with Crippen LogP contribution in [-0.4, -0.2) is 36.4 Å². The lowest BCUT2D eigenvalue weighted by molar-refractivity contribution is -0.141. The van der Waals surface area contributed by atoms with Gasteiger partial charge in [-0.15, -0.1) is 0 Å². The van der Waals surface area contributed by atoms with Gasteiger partial charge in [-0.2, -0.15) is 5.06 Å². The van der Waals surface area contributed by atoms with Crippen molar-refractivity contribution in [2.75, 3.05) is 25.5 Å². The van der Waals surface area contributed by atoms with Gasteiger partial charge in [-0.3, -0.25) is 0 Å². The average molecular weight is 262 g/mol. The molecule has 0 saturated carbocycles. The largest absolute Gasteiger partial charge is 0.374 e. The van der Waals surface area contributed by atoms with Gasteiger partial charge in [-0.25, -0.2) is 0 Å². The molecule has 106 valence electrons. The first-order chi connectivity index (χ1) is 8.90. The number of aryl methyl sites for hydroxylation is 2. The standard InChI is InChI=1S/C16H26N2O/c1-16(2,18(4)19)10-9-13-7-8-15-14(12-13)6-5-11-17(15)3/h7-8,12,19H,5-6,9-11H2,1-4H3. The summed E-state index contributed by atoms with van der Waals surface area (Å²) in [4.78, 5) is 2.34. The van der Waals surface area contributed by atoms with Crippen LogP contribution < -0.4 is 4.90 Å². The second-order valence-corrected chi connectivity index (χ2v) is 6.32. The predicted molar refractivity (Wildman–Crippen MR) is 80.0 cm³/mol. The number of fused-ring (bicyclic) bond motifs is 1. The van der Waals surface area contributed by atoms with Crippen LogP contribution in [0.5, 0.6) is 0 Å². The second kappa shape index (κ2) is 5.51. The van der Waals surface area contributed by atoms with Gasteiger partial charge in [0, 0.05) is 31.9 Å². The summed E-state index contributed by atoms with van der Waals surface area (Å²) < 4.78 is 0. The predicted octanol–water partition coefficient (Wildman–Crippen LogP) is 3.10. The molecule has 0 fully saturated rings. The molecule has 1 aromatic carbocycles. The molecule has 3 heteroatoms. The van der Waals surface area contributed by atoms with Crippen molar-refractivity contribution in [2.24, 2.45) is 0 Å². The lowest BCUT2D eigenvalue weighted by Gasteiger charge is -2.31. The lowest BCUT2D eigenvalue weighted by atomic mass is 9.92. The molecule has 0 amide bonds. The van der Waals surface area contributed by atoms with Crippen LogP contribution in [0.3, 0.4) is 0 Å². The Morgan fingerprint density at radius 3 is 2.79 bits per heavy atom. The van der Waals surface area contributed by atoms with Crippen LogP contribution in [0.25, 0.3) is 0 Å². The van der Waals surface area contributed by atoms with Crippen molar-refractivity contribution >= 4 is 5.69 Å². The molecular formula is C16H26N2O. The third kappa shape index (κ3) is 3.28. The summed E-state index contributed by atoms with van der Waals surface area (Å²) in [7, 11) is 3.89. The topological polar surface area (TPSA) is 26.7 Å². The van der Waals surface area contributed by atoms with Crippen molar-refractivity contribution < 1.29 is 5.21 Å². The Hall–Kier alpha value is -1.06. The maximum atomic E-state index is 9.61. The fourth-order valence-corrected chi connectivity index (χ4v) is 2.61. The monoisotopic (exact) mass is 262 g/mol. The highest BCUT2D eigenvalue weighted by Crippen LogP contribution is 2.28. The molecule has 0 aliphatic carbocycles. The van der Waals surface area contributed by atoms with Crippen molar-refractivity contribution in [3.8, 4) is 0 Å². The number of rotatable bonds is 4. The van der Waals surface area contributed by atoms with Gasteiger partial charge < -0.3 is 10.1 Å². The van der Waals surface area contributed by atoms with Gasteiger partial charge in [0.15, 0.2) is 0 Å². The minimum absolute atomic E-state index is 0.174. The highest BCUT2D eigenvalue weighted by molar-refractivity contribution is 5.56. The molecule has 1 N–H and O–H groups in total. The molecule has 0 atom stereocenters. The van der Waals surface area contributed by atoms with Gasteiger partial charge in [0.05, 0.1) is 0 Å². The second-order valence-electron chi connectivity index (χ2n) is 6.32. The molecule has 1 aromatic rings. The Balaban J connectivity index is 2.07. The summed E-state index contributed by atoms with van der Waals surface area (Å²) in [5.74, 6) is 0. The van der Waals surface area contributed by atoms with E-state index >= 15 is 0 Å². The smallest absolute Gasteiger partial charge is 0.0404 e. The molecule has 0 radical (unpaired) electrons. The molecule has 0 unspecified atom stereocenters. The number of hydrogen-bond donors (Lipinski definition) is 1. The Kier molecular flexibility index (Phi) is 4.16. The summed E-state index contributed by atoms with van der Waals surface area (Å²) in [6.45, 7) is 5.30. The SMILES string of the molecule is CN1CCCc2cc(CCC(C)(C)N(C)O)ccc21. The van der Waals surface area contributed by atoms with Crippen LogP contribution in [0.15, 0.2) is 18.2 Å². The van der Waals surface area contributed by atoms with Crippen molar-refractivity contribution in [1.82, 2.24) is 5.06 Å². The van der Waals surface area contributed by atoms with Crippen molar-refractivity contribution in [1.29, 1.82) is 0 Å². The van der Waals surface area contributed by atoms with E-state index in [1.54, 1.807) is 7.05 Å². The van der Waals surface area contributed by atoms with Crippen LogP contribution in [0, 0.1) is 0 Å². The van der Waals surface area contributed by atoms with Gasteiger partial charge in [-0.1, -0.05) is 12.1 Å². The van der Waals surface area contributed by atoms with Crippen LogP contribution >= 0.6 is 0 Å². The van der Waals surface area contributed by atoms with Crippen LogP contribution in [-0.2, 0) is 12.8 Å². The maximum absolute atomic E-state index is 9.61. The number of anilines is 1. The number of hydrogen-bond acceptors (Lipinski definition) is 3. The van der Waals surface area contributed by atoms with Crippen molar-refractivity contribution in [3.05, 3.63) is 29.3 Å². The van der Waals surface area contributed by atoms with E-state index < -0.39 is 0 Å². The minimum atomic E-state index is -0.174. The molecule has 19 heavy (non-hydrogen) atoms. The van der Waals surface area contributed by atoms with E-state index in [-0.39, 0.29) is 5.54 Å². The minimum Gasteiger partial charge on any atom is -0.374 e. The van der Waals surface area contributed by atoms with E-state index in [2.05, 4.69) is 44.0 Å². The van der Waals surface area contributed by atoms with E-state index in [1.807, 2.05) is 0 Å². The summed E-state index contributed by atoms with van der Waals surface area (Å²) in [6, 6.07) is 6.83. The molecule has 1 heterocycles. The third-order valence-electron chi connectivity index (χ3n) is 4.40. The van der Waals surface area contributed by atoms with E-state index in [0.29, 0.717) is 0 Å². The summed E-state index contributed by atoms with van der Waals surface area (Å²) in [5, 5.41) is 10.9. The van der Waals surface area contributed by atoms with Gasteiger partial charge in [-0.05, 0) is 56.7 Å². The Morgan fingerprint density at radius 1 is 1.37 bits per heavy atom. The van der Waals surface area contributed by atoms with E-state index in [0.717, 1.165) is 19.4 Å². The van der Waals surface area contributed by atoms with Gasteiger partial charge in [0.2, 0.25) is 0 Å². The first kappa shape index (κ1) is 14.4. The number of benzene rings is 1. The highest BCUT2D eigenvalue weighted by atomic mass is 16.5. The quantitative estimate of drug-likeness (QED) is 0.845. The Labute approximate surface area is 116 Å². The van der Waals surface area contributed by atoms with E-state index in [4.69, 9.17) is 0 Å². The van der Waals surface area contributed by atoms with Crippen LogP contribution in [0.4, 0.5) is 5.69 Å². The third-order valence-corrected chi connectivity index (χ3v) is 4.40. The zero-order valence-corrected chi connectivity index (χ0v) is 12.6. The fourth-order valence-electron chi connectivity index (χ4n) is 2.61. The molecule has 0 saturated heterocycles. The fraction of sp³-hybridized carbons (Fsp3) is 0.625. The first-order valence-electron chi connectivity index (χ1n) is 7.16. The summed E-state index contributed by atoms with van der Waals surface area (Å²) >= 11 is 0. The van der Waals surface area contributed by atoms with Crippen LogP contribution in [0.1, 0.15) is 37.8 Å². The highest BCUT2D eigenvalue weighted by Gasteiger charge is 2.22. The average Bonchev–Trinajstić information content (AvgIpc) is 2.36. The maximum Gasteiger partial charge on any atom is 0.0404 e. The summed E-state index contributed by atoms with van der Waals surface area (Å²) in [5.41, 5.74) is 4.06. The summed E-state index contributed by atoms with van der Waals surface area (Å²) in [6.07, 6.45) is 4.40. The number of hydroxylamine groups is 2. The van der Waals surface area contributed by atoms with Crippen molar-refractivity contribution in [2.45, 2.75) is 45.1 Å². The molecule has 0 aromatic heterocycles. The molecule has 1 aliphatic rings.